The fourth-order valence-corrected chi connectivity index (χ4v) is 2.41. The molecule has 108 valence electrons. The summed E-state index contributed by atoms with van der Waals surface area (Å²) in [7, 11) is 1.50. The van der Waals surface area contributed by atoms with Crippen LogP contribution in [0.3, 0.4) is 0 Å². The van der Waals surface area contributed by atoms with Crippen molar-refractivity contribution in [3.63, 3.8) is 0 Å². The first-order valence-corrected chi connectivity index (χ1v) is 7.13. The third kappa shape index (κ3) is 5.19. The van der Waals surface area contributed by atoms with Gasteiger partial charge in [-0.05, 0) is 50.3 Å². The quantitative estimate of drug-likeness (QED) is 0.773. The molecule has 0 saturated heterocycles. The van der Waals surface area contributed by atoms with Crippen LogP contribution >= 0.6 is 0 Å². The molecule has 0 radical (unpaired) electrons. The van der Waals surface area contributed by atoms with Crippen LogP contribution in [0.4, 0.5) is 4.39 Å². The molecule has 0 aliphatic rings. The van der Waals surface area contributed by atoms with Gasteiger partial charge in [0.2, 0.25) is 0 Å². The van der Waals surface area contributed by atoms with E-state index in [-0.39, 0.29) is 5.82 Å². The van der Waals surface area contributed by atoms with E-state index >= 15 is 0 Å². The summed E-state index contributed by atoms with van der Waals surface area (Å²) >= 11 is 0. The van der Waals surface area contributed by atoms with Crippen LogP contribution in [0.25, 0.3) is 0 Å². The molecule has 3 heteroatoms. The van der Waals surface area contributed by atoms with Gasteiger partial charge in [0.15, 0.2) is 11.6 Å². The largest absolute Gasteiger partial charge is 0.494 e. The predicted octanol–water partition coefficient (Wildman–Crippen LogP) is 3.79. The normalized spacial score (nSPS) is 14.2. The highest BCUT2D eigenvalue weighted by Gasteiger charge is 2.13. The number of benzene rings is 1. The van der Waals surface area contributed by atoms with Gasteiger partial charge in [0.1, 0.15) is 0 Å². The second-order valence-corrected chi connectivity index (χ2v) is 5.33. The van der Waals surface area contributed by atoms with Gasteiger partial charge >= 0.3 is 0 Å². The molecule has 1 rings (SSSR count). The minimum atomic E-state index is -0.217. The van der Waals surface area contributed by atoms with E-state index in [0.717, 1.165) is 31.4 Å². The monoisotopic (exact) mass is 267 g/mol. The first-order chi connectivity index (χ1) is 9.08. The van der Waals surface area contributed by atoms with Gasteiger partial charge in [-0.1, -0.05) is 26.0 Å². The molecule has 0 bridgehead atoms. The minimum absolute atomic E-state index is 0.217. The van der Waals surface area contributed by atoms with E-state index in [1.807, 2.05) is 12.1 Å². The van der Waals surface area contributed by atoms with Gasteiger partial charge in [0, 0.05) is 6.04 Å². The zero-order chi connectivity index (χ0) is 14.3. The minimum Gasteiger partial charge on any atom is -0.494 e. The summed E-state index contributed by atoms with van der Waals surface area (Å²) in [5.41, 5.74) is 0.745. The number of halogens is 1. The molecule has 0 saturated carbocycles. The van der Waals surface area contributed by atoms with Gasteiger partial charge in [-0.3, -0.25) is 0 Å². The average Bonchev–Trinajstić information content (AvgIpc) is 2.38. The van der Waals surface area contributed by atoms with Crippen molar-refractivity contribution in [3.05, 3.63) is 29.6 Å². The van der Waals surface area contributed by atoms with Crippen molar-refractivity contribution < 1.29 is 9.13 Å². The lowest BCUT2D eigenvalue weighted by atomic mass is 9.94. The first-order valence-electron chi connectivity index (χ1n) is 7.13. The molecule has 1 aromatic carbocycles. The van der Waals surface area contributed by atoms with E-state index in [0.29, 0.717) is 17.7 Å². The maximum Gasteiger partial charge on any atom is 0.168 e. The zero-order valence-corrected chi connectivity index (χ0v) is 12.5. The number of nitrogens with one attached hydrogen (secondary N) is 1. The van der Waals surface area contributed by atoms with Gasteiger partial charge < -0.3 is 10.1 Å². The topological polar surface area (TPSA) is 21.3 Å². The Bertz CT molecular complexity index is 381. The van der Waals surface area contributed by atoms with E-state index in [4.69, 9.17) is 4.74 Å². The van der Waals surface area contributed by atoms with Crippen LogP contribution < -0.4 is 10.1 Å². The Morgan fingerprint density at radius 3 is 2.68 bits per heavy atom. The lowest BCUT2D eigenvalue weighted by Gasteiger charge is -2.19. The zero-order valence-electron chi connectivity index (χ0n) is 12.5. The summed E-state index contributed by atoms with van der Waals surface area (Å²) in [6, 6.07) is 5.83. The molecule has 0 fully saturated rings. The van der Waals surface area contributed by atoms with Crippen LogP contribution in [0.1, 0.15) is 39.2 Å². The standard InChI is InChI=1S/C16H26FNO/c1-5-9-18-13(3)10-12(2)11-14-7-6-8-15(19-4)16(14)17/h6-8,12-13,18H,5,9-11H2,1-4H3. The van der Waals surface area contributed by atoms with Crippen LogP contribution in [0.2, 0.25) is 0 Å². The highest BCUT2D eigenvalue weighted by atomic mass is 19.1. The van der Waals surface area contributed by atoms with E-state index in [2.05, 4.69) is 26.1 Å². The van der Waals surface area contributed by atoms with E-state index in [9.17, 15) is 4.39 Å². The summed E-state index contributed by atoms with van der Waals surface area (Å²) in [5.74, 6) is 0.564. The van der Waals surface area contributed by atoms with Gasteiger partial charge in [0.05, 0.1) is 7.11 Å². The Morgan fingerprint density at radius 1 is 1.32 bits per heavy atom. The van der Waals surface area contributed by atoms with E-state index < -0.39 is 0 Å². The summed E-state index contributed by atoms with van der Waals surface area (Å²) in [5, 5.41) is 3.47. The van der Waals surface area contributed by atoms with Gasteiger partial charge in [-0.25, -0.2) is 4.39 Å². The summed E-state index contributed by atoms with van der Waals surface area (Å²) < 4.78 is 19.0. The molecule has 1 N–H and O–H groups in total. The second-order valence-electron chi connectivity index (χ2n) is 5.33. The van der Waals surface area contributed by atoms with Crippen molar-refractivity contribution in [2.75, 3.05) is 13.7 Å². The van der Waals surface area contributed by atoms with Crippen molar-refractivity contribution in [1.82, 2.24) is 5.32 Å². The van der Waals surface area contributed by atoms with Gasteiger partial charge in [0.25, 0.3) is 0 Å². The Hall–Kier alpha value is -1.09. The van der Waals surface area contributed by atoms with Crippen LogP contribution in [-0.2, 0) is 6.42 Å². The summed E-state index contributed by atoms with van der Waals surface area (Å²) in [6.45, 7) is 7.56. The summed E-state index contributed by atoms with van der Waals surface area (Å²) in [4.78, 5) is 0. The number of hydrogen-bond donors (Lipinski definition) is 1. The molecule has 0 spiro atoms. The number of methoxy groups -OCH3 is 1. The fourth-order valence-electron chi connectivity index (χ4n) is 2.41. The van der Waals surface area contributed by atoms with E-state index in [1.54, 1.807) is 6.07 Å². The van der Waals surface area contributed by atoms with Gasteiger partial charge in [-0.2, -0.15) is 0 Å². The van der Waals surface area contributed by atoms with Crippen LogP contribution in [-0.4, -0.2) is 19.7 Å². The summed E-state index contributed by atoms with van der Waals surface area (Å²) in [6.07, 6.45) is 2.95. The lowest BCUT2D eigenvalue weighted by molar-refractivity contribution is 0.378. The van der Waals surface area contributed by atoms with Crippen LogP contribution in [0.5, 0.6) is 5.75 Å². The van der Waals surface area contributed by atoms with Crippen molar-refractivity contribution >= 4 is 0 Å². The van der Waals surface area contributed by atoms with Crippen molar-refractivity contribution in [1.29, 1.82) is 0 Å². The molecule has 0 aliphatic carbocycles. The Labute approximate surface area is 116 Å². The molecule has 0 heterocycles. The molecule has 1 aromatic rings. The lowest BCUT2D eigenvalue weighted by Crippen LogP contribution is -2.28. The molecule has 19 heavy (non-hydrogen) atoms. The molecule has 2 atom stereocenters. The molecule has 0 amide bonds. The average molecular weight is 267 g/mol. The molecular weight excluding hydrogens is 241 g/mol. The Balaban J connectivity index is 2.54. The third-order valence-electron chi connectivity index (χ3n) is 3.33. The SMILES string of the molecule is CCCNC(C)CC(C)Cc1cccc(OC)c1F. The first kappa shape index (κ1) is 16.0. The fraction of sp³-hybridized carbons (Fsp3) is 0.625. The van der Waals surface area contributed by atoms with E-state index in [1.165, 1.54) is 7.11 Å². The van der Waals surface area contributed by atoms with Crippen molar-refractivity contribution in [3.8, 4) is 5.75 Å². The van der Waals surface area contributed by atoms with Crippen molar-refractivity contribution in [2.24, 2.45) is 5.92 Å². The number of hydrogen-bond acceptors (Lipinski definition) is 2. The molecular formula is C16H26FNO. The molecule has 2 nitrogen and oxygen atoms in total. The molecule has 0 aromatic heterocycles. The Kier molecular flexibility index (Phi) is 6.85. The highest BCUT2D eigenvalue weighted by Crippen LogP contribution is 2.23. The second kappa shape index (κ2) is 8.16. The predicted molar refractivity (Wildman–Crippen MR) is 78.2 cm³/mol. The smallest absolute Gasteiger partial charge is 0.168 e. The highest BCUT2D eigenvalue weighted by molar-refractivity contribution is 5.31. The molecule has 0 aliphatic heterocycles. The van der Waals surface area contributed by atoms with Crippen LogP contribution in [0, 0.1) is 11.7 Å². The Morgan fingerprint density at radius 2 is 2.05 bits per heavy atom. The van der Waals surface area contributed by atoms with Crippen LogP contribution in [0.15, 0.2) is 18.2 Å². The number of rotatable bonds is 8. The number of ether oxygens (including phenoxy) is 1. The maximum atomic E-state index is 14.0. The maximum absolute atomic E-state index is 14.0. The third-order valence-corrected chi connectivity index (χ3v) is 3.33. The molecule has 2 unspecified atom stereocenters. The van der Waals surface area contributed by atoms with Crippen molar-refractivity contribution in [2.45, 2.75) is 46.1 Å². The van der Waals surface area contributed by atoms with Gasteiger partial charge in [-0.15, -0.1) is 0 Å².